The van der Waals surface area contributed by atoms with Crippen LogP contribution in [0.15, 0.2) is 72.8 Å². The van der Waals surface area contributed by atoms with Gasteiger partial charge in [-0.1, -0.05) is 55.7 Å². The summed E-state index contributed by atoms with van der Waals surface area (Å²) in [4.78, 5) is 25.1. The van der Waals surface area contributed by atoms with Crippen LogP contribution in [-0.2, 0) is 9.53 Å². The molecule has 3 aromatic carbocycles. The lowest BCUT2D eigenvalue weighted by Crippen LogP contribution is -2.22. The summed E-state index contributed by atoms with van der Waals surface area (Å²) in [5.41, 5.74) is 5.86. The minimum atomic E-state index is -0.442. The van der Waals surface area contributed by atoms with Gasteiger partial charge in [-0.3, -0.25) is 4.79 Å². The topological polar surface area (TPSA) is 79.5 Å². The van der Waals surface area contributed by atoms with E-state index in [2.05, 4.69) is 28.1 Å². The van der Waals surface area contributed by atoms with Gasteiger partial charge in [-0.25, -0.2) is 4.79 Å². The van der Waals surface area contributed by atoms with Gasteiger partial charge in [-0.05, 0) is 54.8 Å². The van der Waals surface area contributed by atoms with E-state index in [4.69, 9.17) is 4.74 Å². The van der Waals surface area contributed by atoms with Crippen LogP contribution in [-0.4, -0.2) is 25.0 Å². The fraction of sp³-hybridized carbons (Fsp3) is 0.241. The number of anilines is 3. The van der Waals surface area contributed by atoms with Crippen LogP contribution in [0.3, 0.4) is 0 Å². The molecular formula is C29H29N3O3. The zero-order valence-corrected chi connectivity index (χ0v) is 19.8. The molecule has 0 radical (unpaired) electrons. The molecule has 178 valence electrons. The number of carbonyl (C=O) groups excluding carboxylic acids is 2. The molecule has 0 aromatic heterocycles. The number of nitrogens with one attached hydrogen (secondary N) is 3. The summed E-state index contributed by atoms with van der Waals surface area (Å²) in [6.45, 7) is 0. The maximum Gasteiger partial charge on any atom is 0.337 e. The Morgan fingerprint density at radius 3 is 2.31 bits per heavy atom. The first-order chi connectivity index (χ1) is 17.1. The van der Waals surface area contributed by atoms with E-state index in [1.165, 1.54) is 39.2 Å². The SMILES string of the molecule is COC(=O)c1ccc2c(c1)NC(=O)/C2=C(\Nc1ccc(NC2CCCCC2)cc1)c1ccccc1. The zero-order chi connectivity index (χ0) is 24.2. The van der Waals surface area contributed by atoms with Crippen LogP contribution >= 0.6 is 0 Å². The summed E-state index contributed by atoms with van der Waals surface area (Å²) in [6, 6.07) is 23.7. The Morgan fingerprint density at radius 1 is 0.886 bits per heavy atom. The van der Waals surface area contributed by atoms with Crippen LogP contribution in [0.2, 0.25) is 0 Å². The zero-order valence-electron chi connectivity index (χ0n) is 19.8. The highest BCUT2D eigenvalue weighted by molar-refractivity contribution is 6.37. The van der Waals surface area contributed by atoms with Gasteiger partial charge < -0.3 is 20.7 Å². The minimum absolute atomic E-state index is 0.219. The van der Waals surface area contributed by atoms with Crippen molar-refractivity contribution >= 4 is 40.2 Å². The average Bonchev–Trinajstić information content (AvgIpc) is 3.23. The summed E-state index contributed by atoms with van der Waals surface area (Å²) in [7, 11) is 1.34. The molecule has 0 spiro atoms. The third kappa shape index (κ3) is 4.92. The van der Waals surface area contributed by atoms with Gasteiger partial charge in [-0.2, -0.15) is 0 Å². The van der Waals surface area contributed by atoms with Crippen LogP contribution in [0.25, 0.3) is 11.3 Å². The molecule has 1 aliphatic heterocycles. The number of hydrogen-bond acceptors (Lipinski definition) is 5. The van der Waals surface area contributed by atoms with Crippen molar-refractivity contribution in [2.75, 3.05) is 23.1 Å². The first kappa shape index (κ1) is 22.7. The molecule has 6 heteroatoms. The normalized spacial score (nSPS) is 16.8. The van der Waals surface area contributed by atoms with Gasteiger partial charge in [0.05, 0.1) is 29.6 Å². The Hall–Kier alpha value is -4.06. The molecule has 3 N–H and O–H groups in total. The molecule has 1 fully saturated rings. The molecule has 2 aliphatic rings. The summed E-state index contributed by atoms with van der Waals surface area (Å²) in [5.74, 6) is -0.660. The van der Waals surface area contributed by atoms with E-state index in [0.29, 0.717) is 28.6 Å². The van der Waals surface area contributed by atoms with Gasteiger partial charge in [0.25, 0.3) is 5.91 Å². The first-order valence-electron chi connectivity index (χ1n) is 12.1. The van der Waals surface area contributed by atoms with E-state index in [-0.39, 0.29) is 5.91 Å². The maximum absolute atomic E-state index is 13.1. The molecular weight excluding hydrogens is 438 g/mol. The first-order valence-corrected chi connectivity index (χ1v) is 12.1. The molecule has 0 bridgehead atoms. The van der Waals surface area contributed by atoms with Gasteiger partial charge >= 0.3 is 5.97 Å². The predicted molar refractivity (Wildman–Crippen MR) is 140 cm³/mol. The average molecular weight is 468 g/mol. The number of esters is 1. The van der Waals surface area contributed by atoms with Crippen molar-refractivity contribution in [3.63, 3.8) is 0 Å². The molecule has 5 rings (SSSR count). The Kier molecular flexibility index (Phi) is 6.53. The molecule has 1 saturated carbocycles. The largest absolute Gasteiger partial charge is 0.465 e. The summed E-state index contributed by atoms with van der Waals surface area (Å²) in [5, 5.41) is 10.0. The van der Waals surface area contributed by atoms with E-state index in [0.717, 1.165) is 22.5 Å². The van der Waals surface area contributed by atoms with Gasteiger partial charge in [0, 0.05) is 23.0 Å². The number of rotatable bonds is 6. The van der Waals surface area contributed by atoms with Crippen molar-refractivity contribution in [3.05, 3.63) is 89.5 Å². The van der Waals surface area contributed by atoms with Gasteiger partial charge in [0.15, 0.2) is 0 Å². The van der Waals surface area contributed by atoms with Crippen LogP contribution in [0.1, 0.15) is 53.6 Å². The molecule has 1 aliphatic carbocycles. The third-order valence-corrected chi connectivity index (χ3v) is 6.63. The van der Waals surface area contributed by atoms with Gasteiger partial charge in [0.2, 0.25) is 0 Å². The predicted octanol–water partition coefficient (Wildman–Crippen LogP) is 6.15. The summed E-state index contributed by atoms with van der Waals surface area (Å²) >= 11 is 0. The van der Waals surface area contributed by atoms with Crippen LogP contribution in [0.5, 0.6) is 0 Å². The van der Waals surface area contributed by atoms with Crippen LogP contribution < -0.4 is 16.0 Å². The summed E-state index contributed by atoms with van der Waals surface area (Å²) < 4.78 is 4.82. The van der Waals surface area contributed by atoms with Crippen molar-refractivity contribution in [3.8, 4) is 0 Å². The summed E-state index contributed by atoms with van der Waals surface area (Å²) in [6.07, 6.45) is 6.34. The maximum atomic E-state index is 13.1. The molecule has 3 aromatic rings. The van der Waals surface area contributed by atoms with Crippen molar-refractivity contribution in [1.29, 1.82) is 0 Å². The fourth-order valence-electron chi connectivity index (χ4n) is 4.83. The number of carbonyl (C=O) groups is 2. The Bertz CT molecular complexity index is 1260. The second-order valence-corrected chi connectivity index (χ2v) is 9.00. The number of benzene rings is 3. The lowest BCUT2D eigenvalue weighted by molar-refractivity contribution is -0.110. The number of fused-ring (bicyclic) bond motifs is 1. The second kappa shape index (κ2) is 10.1. The third-order valence-electron chi connectivity index (χ3n) is 6.63. The molecule has 1 heterocycles. The molecule has 35 heavy (non-hydrogen) atoms. The van der Waals surface area contributed by atoms with Gasteiger partial charge in [-0.15, -0.1) is 0 Å². The highest BCUT2D eigenvalue weighted by Crippen LogP contribution is 2.38. The lowest BCUT2D eigenvalue weighted by atomic mass is 9.95. The van der Waals surface area contributed by atoms with Crippen LogP contribution in [0, 0.1) is 0 Å². The Balaban J connectivity index is 1.48. The van der Waals surface area contributed by atoms with E-state index >= 15 is 0 Å². The minimum Gasteiger partial charge on any atom is -0.465 e. The van der Waals surface area contributed by atoms with E-state index in [1.807, 2.05) is 42.5 Å². The van der Waals surface area contributed by atoms with Gasteiger partial charge in [0.1, 0.15) is 0 Å². The van der Waals surface area contributed by atoms with E-state index in [1.54, 1.807) is 18.2 Å². The molecule has 0 saturated heterocycles. The Labute approximate surface area is 205 Å². The highest BCUT2D eigenvalue weighted by Gasteiger charge is 2.29. The van der Waals surface area contributed by atoms with Crippen molar-refractivity contribution in [2.24, 2.45) is 0 Å². The quantitative estimate of drug-likeness (QED) is 0.299. The lowest BCUT2D eigenvalue weighted by Gasteiger charge is -2.24. The highest BCUT2D eigenvalue weighted by atomic mass is 16.5. The molecule has 0 unspecified atom stereocenters. The Morgan fingerprint density at radius 2 is 1.60 bits per heavy atom. The standard InChI is InChI=1S/C29H29N3O3/c1-35-29(34)20-12-17-24-25(18-20)32-28(33)26(24)27(19-8-4-2-5-9-19)31-23-15-13-22(14-16-23)30-21-10-6-3-7-11-21/h2,4-5,8-9,12-18,21,30-31H,3,6-7,10-11H2,1H3,(H,32,33)/b27-26-. The number of methoxy groups -OCH3 is 1. The molecule has 6 nitrogen and oxygen atoms in total. The second-order valence-electron chi connectivity index (χ2n) is 9.00. The van der Waals surface area contributed by atoms with Crippen molar-refractivity contribution in [1.82, 2.24) is 0 Å². The number of hydrogen-bond donors (Lipinski definition) is 3. The monoisotopic (exact) mass is 467 g/mol. The van der Waals surface area contributed by atoms with Crippen LogP contribution in [0.4, 0.5) is 17.1 Å². The number of ether oxygens (including phenoxy) is 1. The molecule has 0 atom stereocenters. The smallest absolute Gasteiger partial charge is 0.337 e. The van der Waals surface area contributed by atoms with Crippen molar-refractivity contribution < 1.29 is 14.3 Å². The van der Waals surface area contributed by atoms with E-state index in [9.17, 15) is 9.59 Å². The van der Waals surface area contributed by atoms with Crippen molar-refractivity contribution in [2.45, 2.75) is 38.1 Å². The number of amides is 1. The molecule has 1 amide bonds. The van der Waals surface area contributed by atoms with E-state index < -0.39 is 5.97 Å². The fourth-order valence-corrected chi connectivity index (χ4v) is 4.83.